The number of ether oxygens (including phenoxy) is 1. The molecule has 0 spiro atoms. The fraction of sp³-hybridized carbons (Fsp3) is 0.462. The van der Waals surface area contributed by atoms with Crippen molar-refractivity contribution in [2.75, 3.05) is 18.5 Å². The molecule has 0 aliphatic rings. The van der Waals surface area contributed by atoms with Gasteiger partial charge in [0.25, 0.3) is 0 Å². The molecule has 100 valence electrons. The molecule has 0 bridgehead atoms. The molecule has 1 N–H and O–H groups in total. The molecule has 0 aliphatic carbocycles. The summed E-state index contributed by atoms with van der Waals surface area (Å²) < 4.78 is 18.7. The lowest BCUT2D eigenvalue weighted by molar-refractivity contribution is -0.141. The van der Waals surface area contributed by atoms with E-state index in [-0.39, 0.29) is 18.3 Å². The molecule has 1 rings (SSSR count). The minimum Gasteiger partial charge on any atom is -0.464 e. The summed E-state index contributed by atoms with van der Waals surface area (Å²) in [6.07, 6.45) is 1.84. The smallest absolute Gasteiger partial charge is 0.325 e. The van der Waals surface area contributed by atoms with E-state index in [2.05, 4.69) is 21.2 Å². The molecule has 0 heterocycles. The molecule has 0 atom stereocenters. The standard InChI is InChI=1S/C13H17BrFNO2/c1-3-4-5-18-13(17)8-16-12-7-11(15)10(14)6-9(12)2/h6-7,16H,3-5,8H2,1-2H3. The van der Waals surface area contributed by atoms with Crippen LogP contribution in [0.2, 0.25) is 0 Å². The van der Waals surface area contributed by atoms with Gasteiger partial charge in [0, 0.05) is 5.69 Å². The van der Waals surface area contributed by atoms with E-state index in [0.717, 1.165) is 18.4 Å². The van der Waals surface area contributed by atoms with E-state index >= 15 is 0 Å². The van der Waals surface area contributed by atoms with Crippen molar-refractivity contribution in [2.45, 2.75) is 26.7 Å². The van der Waals surface area contributed by atoms with Gasteiger partial charge in [-0.15, -0.1) is 0 Å². The van der Waals surface area contributed by atoms with E-state index in [0.29, 0.717) is 16.8 Å². The van der Waals surface area contributed by atoms with Gasteiger partial charge in [-0.2, -0.15) is 0 Å². The predicted molar refractivity (Wildman–Crippen MR) is 73.2 cm³/mol. The number of carbonyl (C=O) groups is 1. The Morgan fingerprint density at radius 3 is 2.89 bits per heavy atom. The first-order valence-corrected chi connectivity index (χ1v) is 6.69. The maximum absolute atomic E-state index is 13.3. The quantitative estimate of drug-likeness (QED) is 0.643. The first kappa shape index (κ1) is 15.0. The van der Waals surface area contributed by atoms with Crippen LogP contribution in [0.25, 0.3) is 0 Å². The zero-order valence-electron chi connectivity index (χ0n) is 10.6. The number of hydrogen-bond acceptors (Lipinski definition) is 3. The van der Waals surface area contributed by atoms with Gasteiger partial charge in [0.05, 0.1) is 11.1 Å². The van der Waals surface area contributed by atoms with E-state index in [1.807, 2.05) is 13.8 Å². The summed E-state index contributed by atoms with van der Waals surface area (Å²) >= 11 is 3.11. The molecule has 0 saturated carbocycles. The number of anilines is 1. The molecule has 1 aromatic rings. The maximum atomic E-state index is 13.3. The fourth-order valence-electron chi connectivity index (χ4n) is 1.39. The third-order valence-electron chi connectivity index (χ3n) is 2.45. The van der Waals surface area contributed by atoms with Crippen molar-refractivity contribution in [3.8, 4) is 0 Å². The molecule has 5 heteroatoms. The van der Waals surface area contributed by atoms with E-state index in [9.17, 15) is 9.18 Å². The van der Waals surface area contributed by atoms with Crippen LogP contribution in [0.4, 0.5) is 10.1 Å². The van der Waals surface area contributed by atoms with Crippen LogP contribution in [0.3, 0.4) is 0 Å². The molecule has 0 aromatic heterocycles. The Morgan fingerprint density at radius 2 is 2.22 bits per heavy atom. The number of benzene rings is 1. The van der Waals surface area contributed by atoms with Gasteiger partial charge in [0.15, 0.2) is 0 Å². The van der Waals surface area contributed by atoms with Gasteiger partial charge in [0.2, 0.25) is 0 Å². The fourth-order valence-corrected chi connectivity index (χ4v) is 1.84. The van der Waals surface area contributed by atoms with Crippen LogP contribution in [0.1, 0.15) is 25.3 Å². The number of aryl methyl sites for hydroxylation is 1. The molecule has 18 heavy (non-hydrogen) atoms. The van der Waals surface area contributed by atoms with Gasteiger partial charge >= 0.3 is 5.97 Å². The van der Waals surface area contributed by atoms with Gasteiger partial charge in [0.1, 0.15) is 12.4 Å². The minimum atomic E-state index is -0.359. The molecular weight excluding hydrogens is 301 g/mol. The van der Waals surface area contributed by atoms with Crippen molar-refractivity contribution in [1.29, 1.82) is 0 Å². The van der Waals surface area contributed by atoms with Crippen molar-refractivity contribution in [3.05, 3.63) is 28.0 Å². The van der Waals surface area contributed by atoms with Crippen molar-refractivity contribution < 1.29 is 13.9 Å². The van der Waals surface area contributed by atoms with Gasteiger partial charge in [-0.05, 0) is 47.0 Å². The van der Waals surface area contributed by atoms with E-state index in [4.69, 9.17) is 4.74 Å². The number of nitrogens with one attached hydrogen (secondary N) is 1. The Bertz CT molecular complexity index is 424. The van der Waals surface area contributed by atoms with Crippen LogP contribution in [0.5, 0.6) is 0 Å². The summed E-state index contributed by atoms with van der Waals surface area (Å²) in [6, 6.07) is 3.03. The second kappa shape index (κ2) is 7.36. The van der Waals surface area contributed by atoms with Crippen molar-refractivity contribution >= 4 is 27.6 Å². The largest absolute Gasteiger partial charge is 0.464 e. The van der Waals surface area contributed by atoms with Crippen LogP contribution < -0.4 is 5.32 Å². The van der Waals surface area contributed by atoms with Gasteiger partial charge in [-0.1, -0.05) is 13.3 Å². The number of carbonyl (C=O) groups excluding carboxylic acids is 1. The molecule has 0 saturated heterocycles. The summed E-state index contributed by atoms with van der Waals surface area (Å²) in [5.41, 5.74) is 1.47. The number of unbranched alkanes of at least 4 members (excludes halogenated alkanes) is 1. The summed E-state index contributed by atoms with van der Waals surface area (Å²) in [7, 11) is 0. The van der Waals surface area contributed by atoms with Crippen LogP contribution >= 0.6 is 15.9 Å². The molecular formula is C13H17BrFNO2. The molecule has 0 aliphatic heterocycles. The maximum Gasteiger partial charge on any atom is 0.325 e. The summed E-state index contributed by atoms with van der Waals surface area (Å²) in [5.74, 6) is -0.686. The Labute approximate surface area is 115 Å². The van der Waals surface area contributed by atoms with Crippen molar-refractivity contribution in [2.24, 2.45) is 0 Å². The first-order valence-electron chi connectivity index (χ1n) is 5.89. The van der Waals surface area contributed by atoms with E-state index < -0.39 is 0 Å². The zero-order chi connectivity index (χ0) is 13.5. The van der Waals surface area contributed by atoms with Crippen LogP contribution in [0, 0.1) is 12.7 Å². The summed E-state index contributed by atoms with van der Waals surface area (Å²) in [5, 5.41) is 2.87. The molecule has 0 radical (unpaired) electrons. The third kappa shape index (κ3) is 4.64. The minimum absolute atomic E-state index is 0.0472. The van der Waals surface area contributed by atoms with Gasteiger partial charge in [-0.25, -0.2) is 4.39 Å². The molecule has 1 aromatic carbocycles. The highest BCUT2D eigenvalue weighted by Gasteiger charge is 2.07. The average molecular weight is 318 g/mol. The van der Waals surface area contributed by atoms with Crippen molar-refractivity contribution in [3.63, 3.8) is 0 Å². The topological polar surface area (TPSA) is 38.3 Å². The summed E-state index contributed by atoms with van der Waals surface area (Å²) in [4.78, 5) is 11.4. The van der Waals surface area contributed by atoms with Crippen LogP contribution in [0.15, 0.2) is 16.6 Å². The number of hydrogen-bond donors (Lipinski definition) is 1. The molecule has 3 nitrogen and oxygen atoms in total. The Morgan fingerprint density at radius 1 is 1.50 bits per heavy atom. The third-order valence-corrected chi connectivity index (χ3v) is 3.06. The normalized spacial score (nSPS) is 10.2. The number of rotatable bonds is 6. The molecule has 0 amide bonds. The van der Waals surface area contributed by atoms with Gasteiger partial charge < -0.3 is 10.1 Å². The Kier molecular flexibility index (Phi) is 6.12. The summed E-state index contributed by atoms with van der Waals surface area (Å²) in [6.45, 7) is 4.35. The first-order chi connectivity index (χ1) is 8.54. The van der Waals surface area contributed by atoms with Crippen LogP contribution in [-0.4, -0.2) is 19.1 Å². The lowest BCUT2D eigenvalue weighted by Gasteiger charge is -2.10. The lowest BCUT2D eigenvalue weighted by atomic mass is 10.2. The second-order valence-electron chi connectivity index (χ2n) is 4.01. The highest BCUT2D eigenvalue weighted by atomic mass is 79.9. The van der Waals surface area contributed by atoms with E-state index in [1.165, 1.54) is 6.07 Å². The lowest BCUT2D eigenvalue weighted by Crippen LogP contribution is -2.18. The molecule has 0 unspecified atom stereocenters. The van der Waals surface area contributed by atoms with Crippen molar-refractivity contribution in [1.82, 2.24) is 0 Å². The Balaban J connectivity index is 2.48. The number of halogens is 2. The van der Waals surface area contributed by atoms with Gasteiger partial charge in [-0.3, -0.25) is 4.79 Å². The SMILES string of the molecule is CCCCOC(=O)CNc1cc(F)c(Br)cc1C. The van der Waals surface area contributed by atoms with E-state index in [1.54, 1.807) is 6.07 Å². The highest BCUT2D eigenvalue weighted by Crippen LogP contribution is 2.23. The number of esters is 1. The Hall–Kier alpha value is -1.10. The average Bonchev–Trinajstić information content (AvgIpc) is 2.32. The highest BCUT2D eigenvalue weighted by molar-refractivity contribution is 9.10. The molecule has 0 fully saturated rings. The zero-order valence-corrected chi connectivity index (χ0v) is 12.1. The second-order valence-corrected chi connectivity index (χ2v) is 4.86. The predicted octanol–water partition coefficient (Wildman–Crippen LogP) is 3.65. The van der Waals surface area contributed by atoms with Crippen LogP contribution in [-0.2, 0) is 9.53 Å². The monoisotopic (exact) mass is 317 g/mol.